The number of hydrogen-bond acceptors (Lipinski definition) is 4. The number of aromatic nitrogens is 2. The van der Waals surface area contributed by atoms with E-state index in [0.29, 0.717) is 5.95 Å². The van der Waals surface area contributed by atoms with Crippen molar-refractivity contribution in [3.63, 3.8) is 0 Å². The van der Waals surface area contributed by atoms with Gasteiger partial charge in [0.25, 0.3) is 0 Å². The summed E-state index contributed by atoms with van der Waals surface area (Å²) in [4.78, 5) is 11.0. The zero-order valence-electron chi connectivity index (χ0n) is 10.4. The fourth-order valence-corrected chi connectivity index (χ4v) is 2.34. The molecular formula is C12H19BrN4. The Hall–Kier alpha value is -0.680. The molecular weight excluding hydrogens is 280 g/mol. The minimum absolute atomic E-state index is 0.160. The zero-order valence-corrected chi connectivity index (χ0v) is 12.0. The molecule has 0 spiro atoms. The maximum atomic E-state index is 4.22. The molecule has 2 rings (SSSR count). The van der Waals surface area contributed by atoms with Gasteiger partial charge in [0.15, 0.2) is 0 Å². The zero-order chi connectivity index (χ0) is 12.3. The molecule has 1 aromatic heterocycles. The molecule has 0 aliphatic carbocycles. The van der Waals surface area contributed by atoms with Crippen molar-refractivity contribution in [3.05, 3.63) is 16.9 Å². The van der Waals surface area contributed by atoms with E-state index >= 15 is 0 Å². The highest BCUT2D eigenvalue weighted by Gasteiger charge is 2.28. The van der Waals surface area contributed by atoms with E-state index < -0.39 is 0 Å². The summed E-state index contributed by atoms with van der Waals surface area (Å²) in [7, 11) is 0. The van der Waals surface area contributed by atoms with Crippen LogP contribution in [0.2, 0.25) is 0 Å². The Bertz CT molecular complexity index is 357. The van der Waals surface area contributed by atoms with Crippen LogP contribution in [0, 0.1) is 0 Å². The van der Waals surface area contributed by atoms with Crippen LogP contribution in [-0.2, 0) is 0 Å². The van der Waals surface area contributed by atoms with Gasteiger partial charge in [-0.05, 0) is 55.7 Å². The van der Waals surface area contributed by atoms with Gasteiger partial charge in [-0.3, -0.25) is 4.90 Å². The van der Waals surface area contributed by atoms with E-state index in [-0.39, 0.29) is 5.54 Å². The lowest BCUT2D eigenvalue weighted by atomic mass is 10.0. The second kappa shape index (κ2) is 5.31. The van der Waals surface area contributed by atoms with Crippen LogP contribution in [0.3, 0.4) is 0 Å². The van der Waals surface area contributed by atoms with E-state index in [0.717, 1.165) is 11.0 Å². The Morgan fingerprint density at radius 1 is 1.29 bits per heavy atom. The lowest BCUT2D eigenvalue weighted by Crippen LogP contribution is -2.47. The van der Waals surface area contributed by atoms with Gasteiger partial charge in [-0.1, -0.05) is 0 Å². The van der Waals surface area contributed by atoms with E-state index in [9.17, 15) is 0 Å². The average molecular weight is 299 g/mol. The maximum absolute atomic E-state index is 4.22. The first-order valence-corrected chi connectivity index (χ1v) is 6.84. The van der Waals surface area contributed by atoms with Crippen molar-refractivity contribution in [1.29, 1.82) is 0 Å². The van der Waals surface area contributed by atoms with Crippen molar-refractivity contribution in [2.24, 2.45) is 0 Å². The number of hydrogen-bond donors (Lipinski definition) is 1. The smallest absolute Gasteiger partial charge is 0.222 e. The number of rotatable bonds is 4. The van der Waals surface area contributed by atoms with Crippen LogP contribution in [0.5, 0.6) is 0 Å². The third-order valence-corrected chi connectivity index (χ3v) is 3.67. The number of likely N-dealkylation sites (tertiary alicyclic amines) is 1. The quantitative estimate of drug-likeness (QED) is 0.927. The fraction of sp³-hybridized carbons (Fsp3) is 0.667. The molecule has 0 aromatic carbocycles. The van der Waals surface area contributed by atoms with Crippen LogP contribution >= 0.6 is 15.9 Å². The molecule has 0 atom stereocenters. The topological polar surface area (TPSA) is 41.1 Å². The summed E-state index contributed by atoms with van der Waals surface area (Å²) in [6.07, 6.45) is 6.16. The van der Waals surface area contributed by atoms with Gasteiger partial charge in [-0.15, -0.1) is 0 Å². The third kappa shape index (κ3) is 3.39. The molecule has 1 saturated heterocycles. The monoisotopic (exact) mass is 298 g/mol. The standard InChI is InChI=1S/C12H19BrN4/c1-12(2,17-5-3-4-6-17)9-16-11-14-7-10(13)8-15-11/h7-8H,3-6,9H2,1-2H3,(H,14,15,16). The Balaban J connectivity index is 1.90. The van der Waals surface area contributed by atoms with Crippen molar-refractivity contribution in [1.82, 2.24) is 14.9 Å². The van der Waals surface area contributed by atoms with Crippen LogP contribution < -0.4 is 5.32 Å². The molecule has 4 nitrogen and oxygen atoms in total. The first-order valence-electron chi connectivity index (χ1n) is 6.04. The molecule has 0 saturated carbocycles. The minimum atomic E-state index is 0.160. The van der Waals surface area contributed by atoms with E-state index in [4.69, 9.17) is 0 Å². The van der Waals surface area contributed by atoms with Crippen LogP contribution in [-0.4, -0.2) is 40.0 Å². The highest BCUT2D eigenvalue weighted by molar-refractivity contribution is 9.10. The summed E-state index contributed by atoms with van der Waals surface area (Å²) in [5.74, 6) is 0.695. The van der Waals surface area contributed by atoms with Gasteiger partial charge in [0.1, 0.15) is 0 Å². The second-order valence-electron chi connectivity index (χ2n) is 5.09. The molecule has 0 bridgehead atoms. The molecule has 94 valence electrons. The number of nitrogens with one attached hydrogen (secondary N) is 1. The van der Waals surface area contributed by atoms with E-state index in [1.54, 1.807) is 12.4 Å². The Kier molecular flexibility index (Phi) is 3.99. The first-order chi connectivity index (χ1) is 8.08. The molecule has 1 fully saturated rings. The minimum Gasteiger partial charge on any atom is -0.352 e. The molecule has 1 aliphatic heterocycles. The molecule has 2 heterocycles. The van der Waals surface area contributed by atoms with E-state index in [2.05, 4.69) is 50.0 Å². The van der Waals surface area contributed by atoms with Gasteiger partial charge in [0, 0.05) is 24.5 Å². The van der Waals surface area contributed by atoms with Gasteiger partial charge >= 0.3 is 0 Å². The van der Waals surface area contributed by atoms with Gasteiger partial charge < -0.3 is 5.32 Å². The Labute approximate surface area is 111 Å². The maximum Gasteiger partial charge on any atom is 0.222 e. The molecule has 1 aliphatic rings. The van der Waals surface area contributed by atoms with Gasteiger partial charge in [-0.2, -0.15) is 0 Å². The predicted octanol–water partition coefficient (Wildman–Crippen LogP) is 2.53. The van der Waals surface area contributed by atoms with Gasteiger partial charge in [-0.25, -0.2) is 9.97 Å². The predicted molar refractivity (Wildman–Crippen MR) is 73.1 cm³/mol. The normalized spacial score (nSPS) is 17.4. The third-order valence-electron chi connectivity index (χ3n) is 3.26. The summed E-state index contributed by atoms with van der Waals surface area (Å²) in [5, 5.41) is 3.30. The summed E-state index contributed by atoms with van der Waals surface area (Å²) in [5.41, 5.74) is 0.160. The lowest BCUT2D eigenvalue weighted by molar-refractivity contribution is 0.167. The second-order valence-corrected chi connectivity index (χ2v) is 6.00. The summed E-state index contributed by atoms with van der Waals surface area (Å²) in [6.45, 7) is 7.81. The van der Waals surface area contributed by atoms with Crippen LogP contribution in [0.4, 0.5) is 5.95 Å². The van der Waals surface area contributed by atoms with Crippen molar-refractivity contribution in [3.8, 4) is 0 Å². The summed E-state index contributed by atoms with van der Waals surface area (Å²) in [6, 6.07) is 0. The molecule has 0 unspecified atom stereocenters. The van der Waals surface area contributed by atoms with E-state index in [1.165, 1.54) is 25.9 Å². The summed E-state index contributed by atoms with van der Waals surface area (Å²) < 4.78 is 0.904. The molecule has 0 radical (unpaired) electrons. The first kappa shape index (κ1) is 12.8. The van der Waals surface area contributed by atoms with Crippen molar-refractivity contribution in [2.75, 3.05) is 25.0 Å². The number of anilines is 1. The van der Waals surface area contributed by atoms with Crippen molar-refractivity contribution in [2.45, 2.75) is 32.2 Å². The Morgan fingerprint density at radius 2 is 1.88 bits per heavy atom. The van der Waals surface area contributed by atoms with Crippen molar-refractivity contribution >= 4 is 21.9 Å². The molecule has 1 N–H and O–H groups in total. The molecule has 1 aromatic rings. The van der Waals surface area contributed by atoms with E-state index in [1.807, 2.05) is 0 Å². The van der Waals surface area contributed by atoms with Crippen LogP contribution in [0.1, 0.15) is 26.7 Å². The molecule has 0 amide bonds. The number of halogens is 1. The van der Waals surface area contributed by atoms with Crippen LogP contribution in [0.15, 0.2) is 16.9 Å². The lowest BCUT2D eigenvalue weighted by Gasteiger charge is -2.35. The SMILES string of the molecule is CC(C)(CNc1ncc(Br)cn1)N1CCCC1. The largest absolute Gasteiger partial charge is 0.352 e. The Morgan fingerprint density at radius 3 is 2.47 bits per heavy atom. The van der Waals surface area contributed by atoms with Gasteiger partial charge in [0.2, 0.25) is 5.95 Å². The van der Waals surface area contributed by atoms with Gasteiger partial charge in [0.05, 0.1) is 4.47 Å². The van der Waals surface area contributed by atoms with Crippen LogP contribution in [0.25, 0.3) is 0 Å². The molecule has 5 heteroatoms. The highest BCUT2D eigenvalue weighted by Crippen LogP contribution is 2.21. The average Bonchev–Trinajstić information content (AvgIpc) is 2.82. The molecule has 17 heavy (non-hydrogen) atoms. The highest BCUT2D eigenvalue weighted by atomic mass is 79.9. The number of nitrogens with zero attached hydrogens (tertiary/aromatic N) is 3. The fourth-order valence-electron chi connectivity index (χ4n) is 2.13. The summed E-state index contributed by atoms with van der Waals surface area (Å²) >= 11 is 3.33. The van der Waals surface area contributed by atoms with Crippen molar-refractivity contribution < 1.29 is 0 Å².